The standard InChI is InChI=1S/C25H24Cl2N4O/c1-14(2)9-15(3)23-25(19-8-7-18(27)11-21(19)29-24(25)32)20(12-22-30-28-13-31(22)23)16-5-4-6-17(26)10-16/h4-8,10-11,13-14,20,23H,3,9,12H2,1-2H3,(H,29,32). The van der Waals surface area contributed by atoms with Gasteiger partial charge in [-0.2, -0.15) is 0 Å². The lowest BCUT2D eigenvalue weighted by Gasteiger charge is -2.47. The first-order chi connectivity index (χ1) is 15.3. The highest BCUT2D eigenvalue weighted by Gasteiger charge is 2.61. The maximum atomic E-state index is 14.0. The van der Waals surface area contributed by atoms with Gasteiger partial charge in [0, 0.05) is 28.1 Å². The molecule has 0 saturated heterocycles. The van der Waals surface area contributed by atoms with Gasteiger partial charge in [-0.15, -0.1) is 10.2 Å². The number of benzene rings is 2. The second kappa shape index (κ2) is 7.75. The van der Waals surface area contributed by atoms with Crippen molar-refractivity contribution in [3.8, 4) is 0 Å². The van der Waals surface area contributed by atoms with Crippen molar-refractivity contribution in [2.45, 2.75) is 44.1 Å². The number of halogens is 2. The molecule has 1 spiro atoms. The Morgan fingerprint density at radius 3 is 2.78 bits per heavy atom. The van der Waals surface area contributed by atoms with Crippen LogP contribution in [0.4, 0.5) is 5.69 Å². The number of hydrogen-bond acceptors (Lipinski definition) is 3. The van der Waals surface area contributed by atoms with Crippen molar-refractivity contribution in [3.63, 3.8) is 0 Å². The fourth-order valence-electron chi connectivity index (χ4n) is 5.59. The van der Waals surface area contributed by atoms with Gasteiger partial charge in [-0.3, -0.25) is 4.79 Å². The Labute approximate surface area is 197 Å². The number of rotatable bonds is 4. The highest BCUT2D eigenvalue weighted by atomic mass is 35.5. The topological polar surface area (TPSA) is 59.8 Å². The van der Waals surface area contributed by atoms with Gasteiger partial charge in [0.05, 0.1) is 6.04 Å². The molecule has 2 aliphatic heterocycles. The number of carbonyl (C=O) groups excluding carboxylic acids is 1. The van der Waals surface area contributed by atoms with Crippen LogP contribution >= 0.6 is 23.2 Å². The number of amides is 1. The van der Waals surface area contributed by atoms with E-state index in [0.717, 1.165) is 34.6 Å². The lowest BCUT2D eigenvalue weighted by Crippen LogP contribution is -2.52. The van der Waals surface area contributed by atoms with Gasteiger partial charge in [-0.05, 0) is 47.7 Å². The first-order valence-corrected chi connectivity index (χ1v) is 11.5. The fraction of sp³-hybridized carbons (Fsp3) is 0.320. The summed E-state index contributed by atoms with van der Waals surface area (Å²) in [4.78, 5) is 14.0. The average Bonchev–Trinajstić information content (AvgIpc) is 3.29. The quantitative estimate of drug-likeness (QED) is 0.482. The molecular formula is C25H24Cl2N4O. The minimum Gasteiger partial charge on any atom is -0.325 e. The number of fused-ring (bicyclic) bond motifs is 3. The smallest absolute Gasteiger partial charge is 0.238 e. The van der Waals surface area contributed by atoms with Crippen molar-refractivity contribution in [1.29, 1.82) is 0 Å². The number of carbonyl (C=O) groups is 1. The van der Waals surface area contributed by atoms with Crippen molar-refractivity contribution < 1.29 is 4.79 Å². The van der Waals surface area contributed by atoms with Crippen molar-refractivity contribution in [2.24, 2.45) is 5.92 Å². The summed E-state index contributed by atoms with van der Waals surface area (Å²) >= 11 is 12.7. The molecule has 0 saturated carbocycles. The molecule has 0 fully saturated rings. The molecule has 3 atom stereocenters. The molecule has 2 aromatic carbocycles. The highest BCUT2D eigenvalue weighted by molar-refractivity contribution is 6.31. The minimum atomic E-state index is -0.925. The largest absolute Gasteiger partial charge is 0.325 e. The third kappa shape index (κ3) is 3.10. The van der Waals surface area contributed by atoms with E-state index in [1.165, 1.54) is 0 Å². The van der Waals surface area contributed by atoms with Crippen molar-refractivity contribution in [1.82, 2.24) is 14.8 Å². The van der Waals surface area contributed by atoms with E-state index >= 15 is 0 Å². The second-order valence-corrected chi connectivity index (χ2v) is 10.0. The maximum absolute atomic E-state index is 14.0. The summed E-state index contributed by atoms with van der Waals surface area (Å²) < 4.78 is 2.04. The first kappa shape index (κ1) is 21.2. The summed E-state index contributed by atoms with van der Waals surface area (Å²) in [6, 6.07) is 13.1. The predicted molar refractivity (Wildman–Crippen MR) is 127 cm³/mol. The molecule has 1 aromatic heterocycles. The van der Waals surface area contributed by atoms with Gasteiger partial charge >= 0.3 is 0 Å². The van der Waals surface area contributed by atoms with E-state index in [1.54, 1.807) is 6.33 Å². The molecule has 5 nitrogen and oxygen atoms in total. The van der Waals surface area contributed by atoms with E-state index < -0.39 is 5.41 Å². The number of anilines is 1. The summed E-state index contributed by atoms with van der Waals surface area (Å²) in [7, 11) is 0. The van der Waals surface area contributed by atoms with Crippen LogP contribution < -0.4 is 5.32 Å². The van der Waals surface area contributed by atoms with Crippen LogP contribution in [0.25, 0.3) is 0 Å². The Kier molecular flexibility index (Phi) is 5.14. The molecule has 0 aliphatic carbocycles. The predicted octanol–water partition coefficient (Wildman–Crippen LogP) is 5.96. The Bertz CT molecular complexity index is 1230. The molecule has 32 heavy (non-hydrogen) atoms. The fourth-order valence-corrected chi connectivity index (χ4v) is 5.96. The Hall–Kier alpha value is -2.63. The van der Waals surface area contributed by atoms with E-state index in [0.29, 0.717) is 22.4 Å². The first-order valence-electron chi connectivity index (χ1n) is 10.7. The lowest BCUT2D eigenvalue weighted by atomic mass is 9.59. The van der Waals surface area contributed by atoms with Crippen LogP contribution in [0.5, 0.6) is 0 Å². The van der Waals surface area contributed by atoms with Crippen LogP contribution in [-0.2, 0) is 16.6 Å². The molecule has 7 heteroatoms. The van der Waals surface area contributed by atoms with Crippen molar-refractivity contribution >= 4 is 34.8 Å². The van der Waals surface area contributed by atoms with E-state index in [1.807, 2.05) is 47.0 Å². The van der Waals surface area contributed by atoms with Crippen LogP contribution in [0.2, 0.25) is 10.0 Å². The second-order valence-electron chi connectivity index (χ2n) is 9.14. The summed E-state index contributed by atoms with van der Waals surface area (Å²) in [5.74, 6) is 0.967. The molecular weight excluding hydrogens is 443 g/mol. The number of nitrogens with one attached hydrogen (secondary N) is 1. The van der Waals surface area contributed by atoms with Gasteiger partial charge in [0.2, 0.25) is 5.91 Å². The van der Waals surface area contributed by atoms with Crippen LogP contribution in [0.3, 0.4) is 0 Å². The van der Waals surface area contributed by atoms with Crippen LogP contribution in [-0.4, -0.2) is 20.7 Å². The molecule has 5 rings (SSSR count). The molecule has 3 unspecified atom stereocenters. The van der Waals surface area contributed by atoms with E-state index in [4.69, 9.17) is 23.2 Å². The normalized spacial score (nSPS) is 23.8. The SMILES string of the molecule is C=C(CC(C)C)C1n2cnnc2CC(c2cccc(Cl)c2)C12C(=O)Nc1cc(Cl)ccc12. The van der Waals surface area contributed by atoms with Crippen LogP contribution in [0, 0.1) is 5.92 Å². The molecule has 2 aliphatic rings. The third-order valence-electron chi connectivity index (χ3n) is 6.65. The van der Waals surface area contributed by atoms with Crippen LogP contribution in [0.1, 0.15) is 49.2 Å². The number of aromatic nitrogens is 3. The van der Waals surface area contributed by atoms with Gasteiger partial charge in [-0.25, -0.2) is 0 Å². The van der Waals surface area contributed by atoms with Crippen molar-refractivity contribution in [3.05, 3.63) is 87.9 Å². The van der Waals surface area contributed by atoms with E-state index in [-0.39, 0.29) is 17.9 Å². The van der Waals surface area contributed by atoms with E-state index in [2.05, 4.69) is 35.9 Å². The van der Waals surface area contributed by atoms with Gasteiger partial charge in [-0.1, -0.05) is 67.4 Å². The zero-order valence-electron chi connectivity index (χ0n) is 18.0. The van der Waals surface area contributed by atoms with Gasteiger partial charge in [0.25, 0.3) is 0 Å². The summed E-state index contributed by atoms with van der Waals surface area (Å²) in [5.41, 5.74) is 2.71. The lowest BCUT2D eigenvalue weighted by molar-refractivity contribution is -0.123. The number of nitrogens with zero attached hydrogens (tertiary/aromatic N) is 3. The number of allylic oxidation sites excluding steroid dienone is 1. The monoisotopic (exact) mass is 466 g/mol. The molecule has 1 amide bonds. The molecule has 3 heterocycles. The summed E-state index contributed by atoms with van der Waals surface area (Å²) in [6.07, 6.45) is 3.06. The molecule has 3 aromatic rings. The minimum absolute atomic E-state index is 0.0611. The van der Waals surface area contributed by atoms with Gasteiger partial charge in [0.1, 0.15) is 17.6 Å². The Balaban J connectivity index is 1.83. The van der Waals surface area contributed by atoms with Crippen LogP contribution in [0.15, 0.2) is 60.9 Å². The maximum Gasteiger partial charge on any atom is 0.238 e. The Morgan fingerprint density at radius 2 is 2.03 bits per heavy atom. The molecule has 0 bridgehead atoms. The average molecular weight is 467 g/mol. The van der Waals surface area contributed by atoms with Crippen molar-refractivity contribution in [2.75, 3.05) is 5.32 Å². The zero-order valence-corrected chi connectivity index (χ0v) is 19.5. The summed E-state index contributed by atoms with van der Waals surface area (Å²) in [6.45, 7) is 8.79. The summed E-state index contributed by atoms with van der Waals surface area (Å²) in [5, 5.41) is 12.9. The molecule has 0 radical (unpaired) electrons. The highest BCUT2D eigenvalue weighted by Crippen LogP contribution is 2.59. The molecule has 164 valence electrons. The van der Waals surface area contributed by atoms with Gasteiger partial charge < -0.3 is 9.88 Å². The number of hydrogen-bond donors (Lipinski definition) is 1. The van der Waals surface area contributed by atoms with E-state index in [9.17, 15) is 4.79 Å². The van der Waals surface area contributed by atoms with Gasteiger partial charge in [0.15, 0.2) is 0 Å². The Morgan fingerprint density at radius 1 is 1.25 bits per heavy atom. The molecule has 1 N–H and O–H groups in total. The zero-order chi connectivity index (χ0) is 22.6. The third-order valence-corrected chi connectivity index (χ3v) is 7.12.